The Morgan fingerprint density at radius 3 is 2.48 bits per heavy atom. The first-order valence-corrected chi connectivity index (χ1v) is 11.2. The number of rotatable bonds is 5. The molecule has 2 heterocycles. The molecule has 0 spiro atoms. The molecule has 6 nitrogen and oxygen atoms in total. The molecule has 0 aliphatic carbocycles. The molecule has 2 N–H and O–H groups in total. The van der Waals surface area contributed by atoms with E-state index >= 15 is 0 Å². The van der Waals surface area contributed by atoms with Crippen LogP contribution in [-0.2, 0) is 9.53 Å². The van der Waals surface area contributed by atoms with Crippen molar-refractivity contribution >= 4 is 29.2 Å². The Bertz CT molecular complexity index is 1200. The lowest BCUT2D eigenvalue weighted by Crippen LogP contribution is -2.31. The molecule has 0 amide bonds. The van der Waals surface area contributed by atoms with Gasteiger partial charge in [-0.3, -0.25) is 4.79 Å². The predicted octanol–water partition coefficient (Wildman–Crippen LogP) is 4.33. The van der Waals surface area contributed by atoms with E-state index in [1.165, 1.54) is 11.8 Å². The molecule has 1 aromatic heterocycles. The second kappa shape index (κ2) is 8.81. The number of aromatic amines is 1. The van der Waals surface area contributed by atoms with Gasteiger partial charge in [0.05, 0.1) is 29.4 Å². The van der Waals surface area contributed by atoms with Gasteiger partial charge in [0, 0.05) is 0 Å². The summed E-state index contributed by atoms with van der Waals surface area (Å²) in [6, 6.07) is 17.4. The molecule has 0 saturated heterocycles. The molecule has 0 saturated carbocycles. The van der Waals surface area contributed by atoms with Crippen LogP contribution in [0.15, 0.2) is 70.1 Å². The number of aryl methyl sites for hydroxylation is 1. The number of benzene rings is 2. The Hall–Kier alpha value is -3.32. The predicted molar refractivity (Wildman–Crippen MR) is 123 cm³/mol. The van der Waals surface area contributed by atoms with E-state index in [2.05, 4.69) is 15.3 Å². The van der Waals surface area contributed by atoms with Crippen molar-refractivity contribution in [1.82, 2.24) is 9.97 Å². The summed E-state index contributed by atoms with van der Waals surface area (Å²) in [7, 11) is 0. The van der Waals surface area contributed by atoms with Crippen LogP contribution in [0.5, 0.6) is 0 Å². The summed E-state index contributed by atoms with van der Waals surface area (Å²) in [5.41, 5.74) is 3.87. The lowest BCUT2D eigenvalue weighted by Gasteiger charge is -2.30. The molecular formula is C24H23N3O3S. The Labute approximate surface area is 184 Å². The first-order valence-electron chi connectivity index (χ1n) is 10.0. The number of esters is 1. The first kappa shape index (κ1) is 20.9. The van der Waals surface area contributed by atoms with Crippen LogP contribution >= 0.6 is 11.8 Å². The van der Waals surface area contributed by atoms with Crippen LogP contribution in [0.1, 0.15) is 35.1 Å². The maximum atomic E-state index is 13.2. The molecule has 7 heteroatoms. The van der Waals surface area contributed by atoms with Gasteiger partial charge in [0.1, 0.15) is 5.82 Å². The van der Waals surface area contributed by atoms with Crippen LogP contribution in [0, 0.1) is 6.92 Å². The third-order valence-corrected chi connectivity index (χ3v) is 5.77. The first-order chi connectivity index (χ1) is 15.0. The average molecular weight is 434 g/mol. The highest BCUT2D eigenvalue weighted by Crippen LogP contribution is 2.42. The molecule has 2 aromatic carbocycles. The number of fused-ring (bicyclic) bond motifs is 1. The number of aromatic nitrogens is 2. The van der Waals surface area contributed by atoms with E-state index in [0.29, 0.717) is 27.8 Å². The van der Waals surface area contributed by atoms with Gasteiger partial charge in [-0.25, -0.2) is 9.78 Å². The van der Waals surface area contributed by atoms with E-state index in [-0.39, 0.29) is 12.2 Å². The van der Waals surface area contributed by atoms with Gasteiger partial charge in [-0.2, -0.15) is 0 Å². The fourth-order valence-corrected chi connectivity index (χ4v) is 4.13. The van der Waals surface area contributed by atoms with Crippen LogP contribution < -0.4 is 10.9 Å². The van der Waals surface area contributed by atoms with Crippen molar-refractivity contribution < 1.29 is 9.53 Å². The van der Waals surface area contributed by atoms with Crippen molar-refractivity contribution in [2.45, 2.75) is 24.9 Å². The maximum absolute atomic E-state index is 13.2. The number of carbonyl (C=O) groups is 1. The summed E-state index contributed by atoms with van der Waals surface area (Å²) in [4.78, 5) is 33.8. The van der Waals surface area contributed by atoms with E-state index in [1.54, 1.807) is 6.92 Å². The number of carbonyl (C=O) groups excluding carboxylic acids is 1. The smallest absolute Gasteiger partial charge is 0.337 e. The summed E-state index contributed by atoms with van der Waals surface area (Å²) >= 11 is 1.35. The summed E-state index contributed by atoms with van der Waals surface area (Å²) < 4.78 is 5.43. The Balaban J connectivity index is 2.04. The van der Waals surface area contributed by atoms with Crippen LogP contribution in [0.2, 0.25) is 0 Å². The Morgan fingerprint density at radius 1 is 1.13 bits per heavy atom. The van der Waals surface area contributed by atoms with Gasteiger partial charge in [-0.15, -0.1) is 0 Å². The maximum Gasteiger partial charge on any atom is 0.337 e. The third kappa shape index (κ3) is 4.01. The lowest BCUT2D eigenvalue weighted by molar-refractivity contribution is -0.138. The van der Waals surface area contributed by atoms with E-state index < -0.39 is 11.9 Å². The Morgan fingerprint density at radius 2 is 1.84 bits per heavy atom. The normalized spacial score (nSPS) is 15.3. The SMILES string of the molecule is CCOC(=O)C1=C(c2ccccc2)Nc2nc(SC)[nH]c(=O)c2C1c1ccc(C)cc1. The van der Waals surface area contributed by atoms with Gasteiger partial charge in [0.25, 0.3) is 5.56 Å². The second-order valence-electron chi connectivity index (χ2n) is 7.18. The Kier molecular flexibility index (Phi) is 5.95. The van der Waals surface area contributed by atoms with Gasteiger partial charge in [-0.05, 0) is 31.2 Å². The monoisotopic (exact) mass is 433 g/mol. The van der Waals surface area contributed by atoms with Crippen LogP contribution in [0.4, 0.5) is 5.82 Å². The van der Waals surface area contributed by atoms with E-state index in [9.17, 15) is 9.59 Å². The highest BCUT2D eigenvalue weighted by molar-refractivity contribution is 7.98. The minimum atomic E-state index is -0.613. The molecule has 158 valence electrons. The van der Waals surface area contributed by atoms with Gasteiger partial charge in [0.15, 0.2) is 5.16 Å². The number of anilines is 1. The molecule has 4 rings (SSSR count). The number of nitrogens with one attached hydrogen (secondary N) is 2. The number of nitrogens with zero attached hydrogens (tertiary/aromatic N) is 1. The minimum Gasteiger partial charge on any atom is -0.463 e. The number of hydrogen-bond acceptors (Lipinski definition) is 6. The molecule has 1 atom stereocenters. The fourth-order valence-electron chi connectivity index (χ4n) is 3.75. The molecule has 31 heavy (non-hydrogen) atoms. The lowest BCUT2D eigenvalue weighted by atomic mass is 9.81. The third-order valence-electron chi connectivity index (χ3n) is 5.19. The molecule has 1 aliphatic rings. The van der Waals surface area contributed by atoms with Gasteiger partial charge >= 0.3 is 5.97 Å². The van der Waals surface area contributed by atoms with Crippen molar-refractivity contribution in [3.63, 3.8) is 0 Å². The fraction of sp³-hybridized carbons (Fsp3) is 0.208. The van der Waals surface area contributed by atoms with Crippen LogP contribution in [0.25, 0.3) is 5.70 Å². The number of ether oxygens (including phenoxy) is 1. The molecular weight excluding hydrogens is 410 g/mol. The average Bonchev–Trinajstić information content (AvgIpc) is 2.79. The summed E-state index contributed by atoms with van der Waals surface area (Å²) in [6.07, 6.45) is 1.85. The summed E-state index contributed by atoms with van der Waals surface area (Å²) in [5, 5.41) is 3.77. The highest BCUT2D eigenvalue weighted by Gasteiger charge is 2.38. The van der Waals surface area contributed by atoms with E-state index in [1.807, 2.05) is 67.8 Å². The van der Waals surface area contributed by atoms with Crippen LogP contribution in [0.3, 0.4) is 0 Å². The van der Waals surface area contributed by atoms with Gasteiger partial charge in [-0.1, -0.05) is 71.9 Å². The van der Waals surface area contributed by atoms with E-state index in [4.69, 9.17) is 4.74 Å². The quantitative estimate of drug-likeness (QED) is 0.354. The molecule has 1 unspecified atom stereocenters. The molecule has 0 bridgehead atoms. The number of thioether (sulfide) groups is 1. The van der Waals surface area contributed by atoms with Crippen molar-refractivity contribution in [1.29, 1.82) is 0 Å². The standard InChI is InChI=1S/C24H23N3O3S/c1-4-30-23(29)18-17(15-12-10-14(2)11-13-15)19-21(26-24(31-3)27-22(19)28)25-20(18)16-8-6-5-7-9-16/h5-13,17H,4H2,1-3H3,(H2,25,26,27,28). The molecule has 0 fully saturated rings. The largest absolute Gasteiger partial charge is 0.463 e. The number of hydrogen-bond donors (Lipinski definition) is 2. The molecule has 0 radical (unpaired) electrons. The second-order valence-corrected chi connectivity index (χ2v) is 7.98. The van der Waals surface area contributed by atoms with Crippen LogP contribution in [-0.4, -0.2) is 28.8 Å². The zero-order chi connectivity index (χ0) is 22.0. The van der Waals surface area contributed by atoms with Gasteiger partial charge in [0.2, 0.25) is 0 Å². The summed E-state index contributed by atoms with van der Waals surface area (Å²) in [6.45, 7) is 4.00. The van der Waals surface area contributed by atoms with Crippen molar-refractivity contribution in [3.05, 3.63) is 92.8 Å². The molecule has 1 aliphatic heterocycles. The van der Waals surface area contributed by atoms with Crippen molar-refractivity contribution in [2.24, 2.45) is 0 Å². The van der Waals surface area contributed by atoms with E-state index in [0.717, 1.165) is 16.7 Å². The topological polar surface area (TPSA) is 84.1 Å². The van der Waals surface area contributed by atoms with Crippen molar-refractivity contribution in [3.8, 4) is 0 Å². The number of H-pyrrole nitrogens is 1. The molecule has 3 aromatic rings. The minimum absolute atomic E-state index is 0.234. The van der Waals surface area contributed by atoms with Gasteiger partial charge < -0.3 is 15.0 Å². The zero-order valence-corrected chi connectivity index (χ0v) is 18.4. The highest BCUT2D eigenvalue weighted by atomic mass is 32.2. The zero-order valence-electron chi connectivity index (χ0n) is 17.6. The van der Waals surface area contributed by atoms with Crippen molar-refractivity contribution in [2.75, 3.05) is 18.2 Å². The summed E-state index contributed by atoms with van der Waals surface area (Å²) in [5.74, 6) is -0.623.